The van der Waals surface area contributed by atoms with Crippen LogP contribution in [0.3, 0.4) is 0 Å². The van der Waals surface area contributed by atoms with Gasteiger partial charge < -0.3 is 5.32 Å². The third kappa shape index (κ3) is 1.94. The molecule has 78 valence electrons. The van der Waals surface area contributed by atoms with E-state index in [2.05, 4.69) is 42.3 Å². The fourth-order valence-electron chi connectivity index (χ4n) is 1.74. The Morgan fingerprint density at radius 2 is 2.13 bits per heavy atom. The molecule has 1 heterocycles. The molecule has 1 aromatic heterocycles. The molecule has 0 aliphatic heterocycles. The molecule has 2 aromatic rings. The maximum atomic E-state index is 4.41. The fraction of sp³-hybridized carbons (Fsp3) is 0.308. The summed E-state index contributed by atoms with van der Waals surface area (Å²) in [7, 11) is 0. The molecule has 0 amide bonds. The molecular weight excluding hydrogens is 184 g/mol. The molecule has 0 fully saturated rings. The van der Waals surface area contributed by atoms with Gasteiger partial charge in [0.15, 0.2) is 0 Å². The predicted molar refractivity (Wildman–Crippen MR) is 65.3 cm³/mol. The predicted octanol–water partition coefficient (Wildman–Crippen LogP) is 3.37. The minimum absolute atomic E-state index is 1.01. The third-order valence-corrected chi connectivity index (χ3v) is 2.54. The van der Waals surface area contributed by atoms with Gasteiger partial charge in [-0.05, 0) is 25.0 Å². The number of fused-ring (bicyclic) bond motifs is 1. The highest BCUT2D eigenvalue weighted by Gasteiger charge is 2.02. The minimum Gasteiger partial charge on any atom is -0.384 e. The number of para-hydroxylation sites is 1. The van der Waals surface area contributed by atoms with E-state index in [0.717, 1.165) is 18.5 Å². The van der Waals surface area contributed by atoms with Gasteiger partial charge in [0, 0.05) is 23.8 Å². The van der Waals surface area contributed by atoms with E-state index in [1.54, 1.807) is 0 Å². The standard InChI is InChI=1S/C13H16N2/c1-3-8-14-12-7-9-15-13-10(2)5-4-6-11(12)13/h4-7,9H,3,8H2,1-2H3,(H,14,15). The van der Waals surface area contributed by atoms with Crippen molar-refractivity contribution in [2.75, 3.05) is 11.9 Å². The molecule has 0 spiro atoms. The molecule has 0 aliphatic rings. The first-order valence-corrected chi connectivity index (χ1v) is 5.41. The Labute approximate surface area is 90.3 Å². The number of hydrogen-bond acceptors (Lipinski definition) is 2. The molecule has 1 aromatic carbocycles. The van der Waals surface area contributed by atoms with Crippen molar-refractivity contribution in [1.82, 2.24) is 4.98 Å². The van der Waals surface area contributed by atoms with Crippen molar-refractivity contribution >= 4 is 16.6 Å². The van der Waals surface area contributed by atoms with Crippen LogP contribution in [0.5, 0.6) is 0 Å². The van der Waals surface area contributed by atoms with Crippen LogP contribution in [0.2, 0.25) is 0 Å². The Morgan fingerprint density at radius 1 is 1.27 bits per heavy atom. The number of aromatic nitrogens is 1. The Morgan fingerprint density at radius 3 is 2.93 bits per heavy atom. The van der Waals surface area contributed by atoms with Crippen LogP contribution in [0.15, 0.2) is 30.5 Å². The normalized spacial score (nSPS) is 10.5. The van der Waals surface area contributed by atoms with Gasteiger partial charge in [-0.3, -0.25) is 4.98 Å². The van der Waals surface area contributed by atoms with Gasteiger partial charge in [0.25, 0.3) is 0 Å². The summed E-state index contributed by atoms with van der Waals surface area (Å²) in [5.41, 5.74) is 3.51. The van der Waals surface area contributed by atoms with E-state index in [1.807, 2.05) is 12.3 Å². The smallest absolute Gasteiger partial charge is 0.0751 e. The number of aryl methyl sites for hydroxylation is 1. The second-order valence-corrected chi connectivity index (χ2v) is 3.76. The highest BCUT2D eigenvalue weighted by molar-refractivity contribution is 5.92. The molecule has 2 nitrogen and oxygen atoms in total. The lowest BCUT2D eigenvalue weighted by Crippen LogP contribution is -2.00. The summed E-state index contributed by atoms with van der Waals surface area (Å²) in [5.74, 6) is 0. The summed E-state index contributed by atoms with van der Waals surface area (Å²) in [4.78, 5) is 4.41. The number of pyridine rings is 1. The molecular formula is C13H16N2. The molecule has 2 rings (SSSR count). The Balaban J connectivity index is 2.51. The average molecular weight is 200 g/mol. The SMILES string of the molecule is CCCNc1ccnc2c(C)cccc12. The van der Waals surface area contributed by atoms with Gasteiger partial charge in [-0.15, -0.1) is 0 Å². The van der Waals surface area contributed by atoms with Crippen molar-refractivity contribution < 1.29 is 0 Å². The van der Waals surface area contributed by atoms with Crippen molar-refractivity contribution in [3.05, 3.63) is 36.0 Å². The lowest BCUT2D eigenvalue weighted by Gasteiger charge is -2.09. The topological polar surface area (TPSA) is 24.9 Å². The summed E-state index contributed by atoms with van der Waals surface area (Å²) in [5, 5.41) is 4.64. The molecule has 2 heteroatoms. The molecule has 0 unspecified atom stereocenters. The molecule has 0 radical (unpaired) electrons. The van der Waals surface area contributed by atoms with E-state index in [1.165, 1.54) is 16.6 Å². The Hall–Kier alpha value is -1.57. The van der Waals surface area contributed by atoms with E-state index in [0.29, 0.717) is 0 Å². The number of hydrogen-bond donors (Lipinski definition) is 1. The third-order valence-electron chi connectivity index (χ3n) is 2.54. The maximum Gasteiger partial charge on any atom is 0.0751 e. The lowest BCUT2D eigenvalue weighted by atomic mass is 10.1. The van der Waals surface area contributed by atoms with Gasteiger partial charge in [-0.1, -0.05) is 25.1 Å². The number of nitrogens with zero attached hydrogens (tertiary/aromatic N) is 1. The van der Waals surface area contributed by atoms with Crippen molar-refractivity contribution in [3.8, 4) is 0 Å². The van der Waals surface area contributed by atoms with E-state index < -0.39 is 0 Å². The lowest BCUT2D eigenvalue weighted by molar-refractivity contribution is 0.981. The zero-order valence-electron chi connectivity index (χ0n) is 9.25. The van der Waals surface area contributed by atoms with Crippen LogP contribution in [0.4, 0.5) is 5.69 Å². The van der Waals surface area contributed by atoms with Crippen molar-refractivity contribution in [2.24, 2.45) is 0 Å². The van der Waals surface area contributed by atoms with E-state index in [4.69, 9.17) is 0 Å². The molecule has 0 aliphatic carbocycles. The number of anilines is 1. The van der Waals surface area contributed by atoms with E-state index >= 15 is 0 Å². The van der Waals surface area contributed by atoms with Crippen LogP contribution in [-0.4, -0.2) is 11.5 Å². The van der Waals surface area contributed by atoms with Crippen LogP contribution < -0.4 is 5.32 Å². The largest absolute Gasteiger partial charge is 0.384 e. The summed E-state index contributed by atoms with van der Waals surface area (Å²) in [6.07, 6.45) is 3.00. The Bertz CT molecular complexity index is 463. The zero-order chi connectivity index (χ0) is 10.7. The number of nitrogens with one attached hydrogen (secondary N) is 1. The van der Waals surface area contributed by atoms with Crippen LogP contribution in [-0.2, 0) is 0 Å². The molecule has 0 bridgehead atoms. The van der Waals surface area contributed by atoms with E-state index in [-0.39, 0.29) is 0 Å². The highest BCUT2D eigenvalue weighted by Crippen LogP contribution is 2.23. The van der Waals surface area contributed by atoms with Crippen molar-refractivity contribution in [1.29, 1.82) is 0 Å². The number of benzene rings is 1. The first kappa shape index (κ1) is 9.97. The summed E-state index contributed by atoms with van der Waals surface area (Å²) >= 11 is 0. The van der Waals surface area contributed by atoms with Crippen LogP contribution in [0, 0.1) is 6.92 Å². The minimum atomic E-state index is 1.01. The summed E-state index contributed by atoms with van der Waals surface area (Å²) < 4.78 is 0. The van der Waals surface area contributed by atoms with Gasteiger partial charge in [-0.2, -0.15) is 0 Å². The Kier molecular flexibility index (Phi) is 2.86. The molecule has 0 atom stereocenters. The quantitative estimate of drug-likeness (QED) is 0.821. The second-order valence-electron chi connectivity index (χ2n) is 3.76. The first-order chi connectivity index (χ1) is 7.33. The van der Waals surface area contributed by atoms with Crippen molar-refractivity contribution in [3.63, 3.8) is 0 Å². The molecule has 0 saturated heterocycles. The fourth-order valence-corrected chi connectivity index (χ4v) is 1.74. The summed E-state index contributed by atoms with van der Waals surface area (Å²) in [6.45, 7) is 5.27. The average Bonchev–Trinajstić information content (AvgIpc) is 2.27. The highest BCUT2D eigenvalue weighted by atomic mass is 14.9. The maximum absolute atomic E-state index is 4.41. The van der Waals surface area contributed by atoms with Crippen LogP contribution in [0.25, 0.3) is 10.9 Å². The van der Waals surface area contributed by atoms with Crippen LogP contribution >= 0.6 is 0 Å². The van der Waals surface area contributed by atoms with Gasteiger partial charge in [0.2, 0.25) is 0 Å². The zero-order valence-corrected chi connectivity index (χ0v) is 9.25. The van der Waals surface area contributed by atoms with Gasteiger partial charge >= 0.3 is 0 Å². The molecule has 0 saturated carbocycles. The summed E-state index contributed by atoms with van der Waals surface area (Å²) in [6, 6.07) is 8.33. The molecule has 15 heavy (non-hydrogen) atoms. The second kappa shape index (κ2) is 4.30. The monoisotopic (exact) mass is 200 g/mol. The van der Waals surface area contributed by atoms with Crippen molar-refractivity contribution in [2.45, 2.75) is 20.3 Å². The van der Waals surface area contributed by atoms with E-state index in [9.17, 15) is 0 Å². The van der Waals surface area contributed by atoms with Gasteiger partial charge in [-0.25, -0.2) is 0 Å². The molecule has 1 N–H and O–H groups in total. The van der Waals surface area contributed by atoms with Gasteiger partial charge in [0.1, 0.15) is 0 Å². The van der Waals surface area contributed by atoms with Crippen LogP contribution in [0.1, 0.15) is 18.9 Å². The number of rotatable bonds is 3. The first-order valence-electron chi connectivity index (χ1n) is 5.41. The van der Waals surface area contributed by atoms with Gasteiger partial charge in [0.05, 0.1) is 5.52 Å².